The highest BCUT2D eigenvalue weighted by Crippen LogP contribution is 2.21. The molecular weight excluding hydrogens is 260 g/mol. The van der Waals surface area contributed by atoms with E-state index in [9.17, 15) is 10.1 Å². The molecule has 2 rings (SSSR count). The lowest BCUT2D eigenvalue weighted by Gasteiger charge is -2.12. The molecule has 0 atom stereocenters. The van der Waals surface area contributed by atoms with Gasteiger partial charge < -0.3 is 10.1 Å². The molecule has 7 nitrogen and oxygen atoms in total. The van der Waals surface area contributed by atoms with Gasteiger partial charge in [0.2, 0.25) is 0 Å². The van der Waals surface area contributed by atoms with Crippen molar-refractivity contribution in [1.29, 1.82) is 5.26 Å². The van der Waals surface area contributed by atoms with Crippen molar-refractivity contribution in [3.05, 3.63) is 27.9 Å². The Bertz CT molecular complexity index is 521. The zero-order valence-corrected chi connectivity index (χ0v) is 11.0. The molecule has 106 valence electrons. The van der Waals surface area contributed by atoms with Crippen LogP contribution in [0.15, 0.2) is 12.3 Å². The molecule has 0 spiro atoms. The van der Waals surface area contributed by atoms with E-state index >= 15 is 0 Å². The quantitative estimate of drug-likeness (QED) is 0.485. The second-order valence-corrected chi connectivity index (χ2v) is 4.66. The van der Waals surface area contributed by atoms with Gasteiger partial charge in [0.15, 0.2) is 0 Å². The van der Waals surface area contributed by atoms with Crippen molar-refractivity contribution in [3.63, 3.8) is 0 Å². The average molecular weight is 276 g/mol. The molecule has 0 unspecified atom stereocenters. The van der Waals surface area contributed by atoms with E-state index in [1.165, 1.54) is 18.9 Å². The van der Waals surface area contributed by atoms with Crippen LogP contribution in [0.3, 0.4) is 0 Å². The number of nitriles is 1. The molecule has 1 aromatic rings. The molecule has 1 saturated carbocycles. The summed E-state index contributed by atoms with van der Waals surface area (Å²) in [6, 6.07) is 3.12. The minimum atomic E-state index is -0.569. The molecule has 1 heterocycles. The molecule has 1 aliphatic rings. The second kappa shape index (κ2) is 6.82. The average Bonchev–Trinajstić information content (AvgIpc) is 2.96. The predicted octanol–water partition coefficient (Wildman–Crippen LogP) is 2.23. The van der Waals surface area contributed by atoms with Gasteiger partial charge in [-0.05, 0) is 12.8 Å². The summed E-state index contributed by atoms with van der Waals surface area (Å²) in [6.45, 7) is 1.06. The number of hydrogen-bond donors (Lipinski definition) is 1. The van der Waals surface area contributed by atoms with E-state index in [4.69, 9.17) is 10.00 Å². The molecule has 1 fully saturated rings. The second-order valence-electron chi connectivity index (χ2n) is 4.66. The van der Waals surface area contributed by atoms with E-state index in [-0.39, 0.29) is 11.3 Å². The zero-order valence-electron chi connectivity index (χ0n) is 11.0. The first-order chi connectivity index (χ1) is 9.70. The fraction of sp³-hybridized carbons (Fsp3) is 0.538. The van der Waals surface area contributed by atoms with E-state index < -0.39 is 4.92 Å². The van der Waals surface area contributed by atoms with E-state index in [1.54, 1.807) is 0 Å². The highest BCUT2D eigenvalue weighted by molar-refractivity contribution is 5.55. The molecule has 1 aromatic heterocycles. The molecule has 1 aliphatic carbocycles. The first-order valence-corrected chi connectivity index (χ1v) is 6.60. The van der Waals surface area contributed by atoms with Crippen molar-refractivity contribution in [2.24, 2.45) is 0 Å². The van der Waals surface area contributed by atoms with Crippen molar-refractivity contribution >= 4 is 11.5 Å². The molecule has 0 aromatic carbocycles. The summed E-state index contributed by atoms with van der Waals surface area (Å²) in [5.74, 6) is 0.355. The van der Waals surface area contributed by atoms with Gasteiger partial charge in [0.05, 0.1) is 17.6 Å². The summed E-state index contributed by atoms with van der Waals surface area (Å²) in [7, 11) is 0. The van der Waals surface area contributed by atoms with Gasteiger partial charge in [-0.15, -0.1) is 0 Å². The standard InChI is InChI=1S/C13H16N4O3/c14-8-10-7-11(17(18)19)9-16-13(10)15-5-6-20-12-3-1-2-4-12/h7,9,12H,1-6H2,(H,15,16). The first-order valence-electron chi connectivity index (χ1n) is 6.60. The van der Waals surface area contributed by atoms with Crippen LogP contribution in [0.4, 0.5) is 11.5 Å². The van der Waals surface area contributed by atoms with Gasteiger partial charge in [-0.2, -0.15) is 5.26 Å². The maximum atomic E-state index is 10.6. The lowest BCUT2D eigenvalue weighted by molar-refractivity contribution is -0.385. The molecule has 1 N–H and O–H groups in total. The Morgan fingerprint density at radius 1 is 1.55 bits per heavy atom. The number of hydrogen-bond acceptors (Lipinski definition) is 6. The van der Waals surface area contributed by atoms with Gasteiger partial charge in [-0.3, -0.25) is 10.1 Å². The number of anilines is 1. The Balaban J connectivity index is 1.85. The van der Waals surface area contributed by atoms with Gasteiger partial charge in [-0.25, -0.2) is 4.98 Å². The van der Waals surface area contributed by atoms with Crippen molar-refractivity contribution in [3.8, 4) is 6.07 Å². The Morgan fingerprint density at radius 2 is 2.30 bits per heavy atom. The van der Waals surface area contributed by atoms with Crippen molar-refractivity contribution in [2.45, 2.75) is 31.8 Å². The Hall–Kier alpha value is -2.20. The number of rotatable bonds is 6. The molecule has 0 amide bonds. The maximum absolute atomic E-state index is 10.6. The number of nitrogens with zero attached hydrogens (tertiary/aromatic N) is 3. The van der Waals surface area contributed by atoms with E-state index in [0.29, 0.717) is 25.1 Å². The summed E-state index contributed by atoms with van der Waals surface area (Å²) in [4.78, 5) is 13.9. The largest absolute Gasteiger partial charge is 0.376 e. The zero-order chi connectivity index (χ0) is 14.4. The van der Waals surface area contributed by atoms with Crippen LogP contribution < -0.4 is 5.32 Å². The third-order valence-corrected chi connectivity index (χ3v) is 3.25. The van der Waals surface area contributed by atoms with Crippen LogP contribution in [0.1, 0.15) is 31.2 Å². The summed E-state index contributed by atoms with van der Waals surface area (Å²) < 4.78 is 5.68. The fourth-order valence-corrected chi connectivity index (χ4v) is 2.23. The van der Waals surface area contributed by atoms with Gasteiger partial charge in [-0.1, -0.05) is 12.8 Å². The predicted molar refractivity (Wildman–Crippen MR) is 72.3 cm³/mol. The Labute approximate surface area is 116 Å². The van der Waals surface area contributed by atoms with E-state index in [0.717, 1.165) is 19.0 Å². The van der Waals surface area contributed by atoms with Crippen molar-refractivity contribution in [1.82, 2.24) is 4.98 Å². The number of ether oxygens (including phenoxy) is 1. The van der Waals surface area contributed by atoms with Crippen molar-refractivity contribution < 1.29 is 9.66 Å². The first kappa shape index (κ1) is 14.2. The van der Waals surface area contributed by atoms with Gasteiger partial charge in [0.1, 0.15) is 23.6 Å². The van der Waals surface area contributed by atoms with Crippen LogP contribution in [0.25, 0.3) is 0 Å². The number of nitro groups is 1. The summed E-state index contributed by atoms with van der Waals surface area (Å²) in [6.07, 6.45) is 6.15. The van der Waals surface area contributed by atoms with Gasteiger partial charge in [0, 0.05) is 12.6 Å². The smallest absolute Gasteiger partial charge is 0.289 e. The van der Waals surface area contributed by atoms with Crippen LogP contribution in [-0.2, 0) is 4.74 Å². The van der Waals surface area contributed by atoms with Crippen LogP contribution in [0.5, 0.6) is 0 Å². The summed E-state index contributed by atoms with van der Waals surface area (Å²) in [5.41, 5.74) is -0.0191. The van der Waals surface area contributed by atoms with Crippen LogP contribution in [-0.4, -0.2) is 29.2 Å². The topological polar surface area (TPSA) is 101 Å². The van der Waals surface area contributed by atoms with E-state index in [2.05, 4.69) is 10.3 Å². The molecule has 0 radical (unpaired) electrons. The molecule has 0 saturated heterocycles. The third-order valence-electron chi connectivity index (χ3n) is 3.25. The number of nitrogens with one attached hydrogen (secondary N) is 1. The SMILES string of the molecule is N#Cc1cc([N+](=O)[O-])cnc1NCCOC1CCCC1. The Morgan fingerprint density at radius 3 is 2.95 bits per heavy atom. The highest BCUT2D eigenvalue weighted by Gasteiger charge is 2.15. The van der Waals surface area contributed by atoms with Crippen LogP contribution in [0, 0.1) is 21.4 Å². The molecule has 20 heavy (non-hydrogen) atoms. The fourth-order valence-electron chi connectivity index (χ4n) is 2.23. The minimum absolute atomic E-state index is 0.167. The molecular formula is C13H16N4O3. The summed E-state index contributed by atoms with van der Waals surface area (Å²) in [5, 5.41) is 22.5. The maximum Gasteiger partial charge on any atom is 0.289 e. The number of aromatic nitrogens is 1. The lowest BCUT2D eigenvalue weighted by atomic mass is 10.2. The third kappa shape index (κ3) is 3.65. The lowest BCUT2D eigenvalue weighted by Crippen LogP contribution is -2.16. The monoisotopic (exact) mass is 276 g/mol. The van der Waals surface area contributed by atoms with Gasteiger partial charge >= 0.3 is 0 Å². The van der Waals surface area contributed by atoms with Crippen LogP contribution in [0.2, 0.25) is 0 Å². The summed E-state index contributed by atoms with van der Waals surface area (Å²) >= 11 is 0. The Kier molecular flexibility index (Phi) is 4.85. The van der Waals surface area contributed by atoms with Crippen LogP contribution >= 0.6 is 0 Å². The highest BCUT2D eigenvalue weighted by atomic mass is 16.6. The van der Waals surface area contributed by atoms with E-state index in [1.807, 2.05) is 6.07 Å². The van der Waals surface area contributed by atoms with Gasteiger partial charge in [0.25, 0.3) is 5.69 Å². The van der Waals surface area contributed by atoms with Crippen molar-refractivity contribution in [2.75, 3.05) is 18.5 Å². The molecule has 0 aliphatic heterocycles. The minimum Gasteiger partial charge on any atom is -0.376 e. The molecule has 7 heteroatoms. The number of pyridine rings is 1. The normalized spacial score (nSPS) is 14.9. The molecule has 0 bridgehead atoms.